The Bertz CT molecular complexity index is 1060. The highest BCUT2D eigenvalue weighted by Crippen LogP contribution is 2.35. The van der Waals surface area contributed by atoms with Crippen molar-refractivity contribution in [2.24, 2.45) is 0 Å². The first-order valence-electron chi connectivity index (χ1n) is 9.64. The van der Waals surface area contributed by atoms with Crippen molar-refractivity contribution in [1.29, 1.82) is 0 Å². The predicted molar refractivity (Wildman–Crippen MR) is 119 cm³/mol. The molecule has 4 rings (SSSR count). The van der Waals surface area contributed by atoms with E-state index in [9.17, 15) is 13.2 Å². The summed E-state index contributed by atoms with van der Waals surface area (Å²) < 4.78 is 46.9. The molecule has 1 saturated heterocycles. The molecule has 0 saturated carbocycles. The van der Waals surface area contributed by atoms with Gasteiger partial charge in [-0.05, 0) is 72.0 Å². The first-order chi connectivity index (χ1) is 14.2. The van der Waals surface area contributed by atoms with E-state index < -0.39 is 11.7 Å². The number of aromatic nitrogens is 1. The van der Waals surface area contributed by atoms with Crippen LogP contribution in [0.4, 0.5) is 24.7 Å². The molecule has 9 heteroatoms. The number of fused-ring (bicyclic) bond motifs is 1. The Balaban J connectivity index is 1.65. The van der Waals surface area contributed by atoms with E-state index in [1.807, 2.05) is 19.1 Å². The number of alkyl halides is 3. The number of nitrogens with one attached hydrogen (secondary N) is 1. The number of rotatable bonds is 4. The average Bonchev–Trinajstić information content (AvgIpc) is 3.09. The topological polar surface area (TPSA) is 44.5 Å². The first-order valence-corrected chi connectivity index (χ1v) is 10.7. The Morgan fingerprint density at radius 3 is 2.57 bits per heavy atom. The van der Waals surface area contributed by atoms with Crippen LogP contribution in [-0.2, 0) is 12.7 Å². The second kappa shape index (κ2) is 8.35. The summed E-state index contributed by atoms with van der Waals surface area (Å²) in [6, 6.07) is 7.92. The molecule has 2 heterocycles. The standard InChI is InChI=1S/C21H22F3IN4O/c1-13-3-4-17-19(18(13)25)30-27-20(17)26-16-10-14(9-15(11-16)21(22,23)24)12-29-7-5-28(2)6-8-29/h3-4,9-11H,5-8,12H2,1-2H3,(H,26,27). The fourth-order valence-electron chi connectivity index (χ4n) is 3.58. The molecule has 0 atom stereocenters. The van der Waals surface area contributed by atoms with Gasteiger partial charge in [-0.1, -0.05) is 11.2 Å². The van der Waals surface area contributed by atoms with E-state index in [2.05, 4.69) is 49.9 Å². The number of benzene rings is 2. The summed E-state index contributed by atoms with van der Waals surface area (Å²) >= 11 is 2.18. The van der Waals surface area contributed by atoms with Crippen molar-refractivity contribution in [3.8, 4) is 0 Å². The van der Waals surface area contributed by atoms with Crippen molar-refractivity contribution in [2.75, 3.05) is 38.5 Å². The zero-order chi connectivity index (χ0) is 21.5. The third-order valence-corrected chi connectivity index (χ3v) is 6.70. The summed E-state index contributed by atoms with van der Waals surface area (Å²) in [4.78, 5) is 4.39. The molecule has 0 aliphatic carbocycles. The number of aryl methyl sites for hydroxylation is 1. The maximum Gasteiger partial charge on any atom is 0.416 e. The van der Waals surface area contributed by atoms with Crippen molar-refractivity contribution in [3.63, 3.8) is 0 Å². The Morgan fingerprint density at radius 1 is 1.13 bits per heavy atom. The van der Waals surface area contributed by atoms with Crippen molar-refractivity contribution in [2.45, 2.75) is 19.6 Å². The van der Waals surface area contributed by atoms with Gasteiger partial charge in [0.2, 0.25) is 0 Å². The Labute approximate surface area is 186 Å². The smallest absolute Gasteiger partial charge is 0.353 e. The summed E-state index contributed by atoms with van der Waals surface area (Å²) in [5, 5.41) is 7.82. The largest absolute Gasteiger partial charge is 0.416 e. The molecule has 3 aromatic rings. The lowest BCUT2D eigenvalue weighted by Gasteiger charge is -2.32. The maximum absolute atomic E-state index is 13.5. The van der Waals surface area contributed by atoms with E-state index in [0.717, 1.165) is 46.8 Å². The van der Waals surface area contributed by atoms with Gasteiger partial charge in [-0.15, -0.1) is 0 Å². The van der Waals surface area contributed by atoms with Crippen LogP contribution in [0.3, 0.4) is 0 Å². The molecular formula is C21H22F3IN4O. The number of anilines is 2. The third kappa shape index (κ3) is 4.57. The van der Waals surface area contributed by atoms with Crippen molar-refractivity contribution >= 4 is 45.1 Å². The monoisotopic (exact) mass is 530 g/mol. The number of hydrogen-bond acceptors (Lipinski definition) is 5. The highest BCUT2D eigenvalue weighted by Gasteiger charge is 2.31. The molecular weight excluding hydrogens is 508 g/mol. The minimum absolute atomic E-state index is 0.347. The van der Waals surface area contributed by atoms with Crippen LogP contribution in [0.2, 0.25) is 0 Å². The van der Waals surface area contributed by atoms with Crippen molar-refractivity contribution in [1.82, 2.24) is 15.0 Å². The predicted octanol–water partition coefficient (Wildman–Crippen LogP) is 5.25. The molecule has 0 spiro atoms. The molecule has 2 aromatic carbocycles. The molecule has 1 N–H and O–H groups in total. The molecule has 1 fully saturated rings. The summed E-state index contributed by atoms with van der Waals surface area (Å²) in [5.74, 6) is 0.410. The SMILES string of the molecule is Cc1ccc2c(Nc3cc(CN4CCN(C)CC4)cc(C(F)(F)F)c3)noc2c1I. The summed E-state index contributed by atoms with van der Waals surface area (Å²) in [5.41, 5.74) is 1.98. The third-order valence-electron chi connectivity index (χ3n) is 5.36. The van der Waals surface area contributed by atoms with Crippen LogP contribution in [0.25, 0.3) is 11.0 Å². The molecule has 1 aliphatic heterocycles. The second-order valence-electron chi connectivity index (χ2n) is 7.73. The molecule has 0 radical (unpaired) electrons. The van der Waals surface area contributed by atoms with E-state index in [1.54, 1.807) is 6.07 Å². The van der Waals surface area contributed by atoms with Gasteiger partial charge in [0, 0.05) is 38.4 Å². The number of halogens is 4. The highest BCUT2D eigenvalue weighted by molar-refractivity contribution is 14.1. The van der Waals surface area contributed by atoms with Gasteiger partial charge in [0.25, 0.3) is 0 Å². The lowest BCUT2D eigenvalue weighted by Crippen LogP contribution is -2.43. The fraction of sp³-hybridized carbons (Fsp3) is 0.381. The summed E-state index contributed by atoms with van der Waals surface area (Å²) in [7, 11) is 2.05. The highest BCUT2D eigenvalue weighted by atomic mass is 127. The molecule has 0 unspecified atom stereocenters. The van der Waals surface area contributed by atoms with Gasteiger partial charge < -0.3 is 14.7 Å². The van der Waals surface area contributed by atoms with E-state index in [0.29, 0.717) is 29.2 Å². The van der Waals surface area contributed by atoms with Crippen LogP contribution in [0.5, 0.6) is 0 Å². The minimum atomic E-state index is -4.42. The van der Waals surface area contributed by atoms with Crippen molar-refractivity contribution in [3.05, 3.63) is 50.6 Å². The zero-order valence-corrected chi connectivity index (χ0v) is 18.8. The van der Waals surface area contributed by atoms with Gasteiger partial charge in [0.15, 0.2) is 11.4 Å². The maximum atomic E-state index is 13.5. The number of hydrogen-bond donors (Lipinski definition) is 1. The lowest BCUT2D eigenvalue weighted by atomic mass is 10.1. The van der Waals surface area contributed by atoms with Gasteiger partial charge in [-0.25, -0.2) is 0 Å². The summed E-state index contributed by atoms with van der Waals surface area (Å²) in [6.45, 7) is 5.93. The van der Waals surface area contributed by atoms with Gasteiger partial charge >= 0.3 is 6.18 Å². The van der Waals surface area contributed by atoms with Gasteiger partial charge in [0.1, 0.15) is 0 Å². The minimum Gasteiger partial charge on any atom is -0.353 e. The Morgan fingerprint density at radius 2 is 1.87 bits per heavy atom. The van der Waals surface area contributed by atoms with Crippen LogP contribution >= 0.6 is 22.6 Å². The molecule has 1 aliphatic rings. The molecule has 160 valence electrons. The molecule has 30 heavy (non-hydrogen) atoms. The second-order valence-corrected chi connectivity index (χ2v) is 8.80. The lowest BCUT2D eigenvalue weighted by molar-refractivity contribution is -0.137. The Kier molecular flexibility index (Phi) is 5.95. The van der Waals surface area contributed by atoms with Crippen molar-refractivity contribution < 1.29 is 17.7 Å². The van der Waals surface area contributed by atoms with E-state index in [4.69, 9.17) is 4.52 Å². The zero-order valence-electron chi connectivity index (χ0n) is 16.7. The molecule has 5 nitrogen and oxygen atoms in total. The van der Waals surface area contributed by atoms with Crippen LogP contribution < -0.4 is 5.32 Å². The van der Waals surface area contributed by atoms with Crippen LogP contribution in [0, 0.1) is 10.5 Å². The number of piperazine rings is 1. The van der Waals surface area contributed by atoms with E-state index in [1.165, 1.54) is 6.07 Å². The summed E-state index contributed by atoms with van der Waals surface area (Å²) in [6.07, 6.45) is -4.42. The number of nitrogens with zero attached hydrogens (tertiary/aromatic N) is 3. The van der Waals surface area contributed by atoms with E-state index in [-0.39, 0.29) is 0 Å². The first kappa shape index (κ1) is 21.4. The van der Waals surface area contributed by atoms with Gasteiger partial charge in [0.05, 0.1) is 14.5 Å². The fourth-order valence-corrected chi connectivity index (χ4v) is 4.15. The van der Waals surface area contributed by atoms with E-state index >= 15 is 0 Å². The molecule has 1 aromatic heterocycles. The van der Waals surface area contributed by atoms with Crippen LogP contribution in [0.1, 0.15) is 16.7 Å². The molecule has 0 amide bonds. The molecule has 0 bridgehead atoms. The Hall–Kier alpha value is -1.85. The average molecular weight is 530 g/mol. The number of likely N-dealkylation sites (N-methyl/N-ethyl adjacent to an activating group) is 1. The normalized spacial score (nSPS) is 16.3. The van der Waals surface area contributed by atoms with Crippen LogP contribution in [-0.4, -0.2) is 48.2 Å². The quantitative estimate of drug-likeness (QED) is 0.467. The van der Waals surface area contributed by atoms with Gasteiger partial charge in [-0.3, -0.25) is 4.90 Å². The van der Waals surface area contributed by atoms with Gasteiger partial charge in [-0.2, -0.15) is 13.2 Å². The van der Waals surface area contributed by atoms with Crippen LogP contribution in [0.15, 0.2) is 34.9 Å².